The molecule has 0 bridgehead atoms. The van der Waals surface area contributed by atoms with Gasteiger partial charge >= 0.3 is 5.92 Å². The van der Waals surface area contributed by atoms with Crippen LogP contribution in [0.1, 0.15) is 19.8 Å². The monoisotopic (exact) mass is 559 g/mol. The maximum Gasteiger partial charge on any atom is 0.301 e. The van der Waals surface area contributed by atoms with E-state index in [0.717, 1.165) is 39.0 Å². The first kappa shape index (κ1) is 26.1. The first-order valence-electron chi connectivity index (χ1n) is 13.3. The number of ether oxygens (including phenoxy) is 1. The summed E-state index contributed by atoms with van der Waals surface area (Å²) in [4.78, 5) is 26.7. The van der Waals surface area contributed by atoms with Crippen LogP contribution in [0.4, 0.5) is 31.9 Å². The minimum atomic E-state index is -3.10. The van der Waals surface area contributed by atoms with E-state index >= 15 is 0 Å². The van der Waals surface area contributed by atoms with Gasteiger partial charge in [0.1, 0.15) is 5.02 Å². The van der Waals surface area contributed by atoms with E-state index in [2.05, 4.69) is 39.4 Å². The van der Waals surface area contributed by atoms with Gasteiger partial charge in [0, 0.05) is 44.3 Å². The number of anilines is 4. The van der Waals surface area contributed by atoms with Crippen molar-refractivity contribution in [3.8, 4) is 5.75 Å². The van der Waals surface area contributed by atoms with Crippen LogP contribution in [-0.2, 0) is 7.05 Å². The number of benzene rings is 1. The molecule has 12 heteroatoms. The van der Waals surface area contributed by atoms with Gasteiger partial charge in [0.2, 0.25) is 11.7 Å². The van der Waals surface area contributed by atoms with Crippen LogP contribution in [0.5, 0.6) is 5.75 Å². The summed E-state index contributed by atoms with van der Waals surface area (Å²) < 4.78 is 36.8. The second-order valence-corrected chi connectivity index (χ2v) is 11.5. The molecule has 39 heavy (non-hydrogen) atoms. The van der Waals surface area contributed by atoms with Gasteiger partial charge in [0.15, 0.2) is 12.4 Å². The molecule has 2 fully saturated rings. The van der Waals surface area contributed by atoms with E-state index in [1.807, 2.05) is 0 Å². The molecule has 2 aromatic heterocycles. The molecule has 1 aromatic carbocycles. The van der Waals surface area contributed by atoms with Crippen molar-refractivity contribution in [2.75, 3.05) is 55.4 Å². The summed E-state index contributed by atoms with van der Waals surface area (Å²) in [6, 6.07) is 4.29. The fraction of sp³-hybridized carbons (Fsp3) is 0.519. The molecule has 1 saturated carbocycles. The highest BCUT2D eigenvalue weighted by molar-refractivity contribution is 6.32. The largest absolute Gasteiger partial charge is 0.480 e. The first-order chi connectivity index (χ1) is 18.6. The van der Waals surface area contributed by atoms with E-state index in [1.165, 1.54) is 4.57 Å². The number of nitrogens with zero attached hydrogens (tertiary/aromatic N) is 5. The SMILES string of the molecule is C[C@H]1CN(C)CCN(c2ncc(Cl)c(Nc3ccc4c(c3)c3c(c(=O)n4C)OCC(F)(F)[C@H](C4CC4)N3)n2)C1. The molecule has 1 saturated heterocycles. The Bertz CT molecular complexity index is 1480. The lowest BCUT2D eigenvalue weighted by Gasteiger charge is -2.25. The second-order valence-electron chi connectivity index (χ2n) is 11.1. The minimum Gasteiger partial charge on any atom is -0.480 e. The highest BCUT2D eigenvalue weighted by Gasteiger charge is 2.51. The van der Waals surface area contributed by atoms with Crippen LogP contribution in [-0.4, -0.2) is 71.2 Å². The predicted octanol–water partition coefficient (Wildman–Crippen LogP) is 4.33. The smallest absolute Gasteiger partial charge is 0.301 e. The van der Waals surface area contributed by atoms with Crippen molar-refractivity contribution in [2.45, 2.75) is 31.7 Å². The van der Waals surface area contributed by atoms with Crippen molar-refractivity contribution in [3.63, 3.8) is 0 Å². The summed E-state index contributed by atoms with van der Waals surface area (Å²) in [5, 5.41) is 7.23. The summed E-state index contributed by atoms with van der Waals surface area (Å²) >= 11 is 6.49. The molecule has 1 aliphatic carbocycles. The number of hydrogen-bond donors (Lipinski definition) is 2. The van der Waals surface area contributed by atoms with Crippen molar-refractivity contribution in [3.05, 3.63) is 39.8 Å². The molecule has 0 amide bonds. The summed E-state index contributed by atoms with van der Waals surface area (Å²) in [5.74, 6) is -1.86. The Kier molecular flexibility index (Phi) is 6.53. The molecule has 3 aromatic rings. The molecular formula is C27H32ClF2N7O2. The van der Waals surface area contributed by atoms with Gasteiger partial charge in [-0.15, -0.1) is 0 Å². The molecule has 2 N–H and O–H groups in total. The lowest BCUT2D eigenvalue weighted by Crippen LogP contribution is -2.44. The number of pyridine rings is 1. The summed E-state index contributed by atoms with van der Waals surface area (Å²) in [6.07, 6.45) is 3.03. The third-order valence-electron chi connectivity index (χ3n) is 7.79. The lowest BCUT2D eigenvalue weighted by atomic mass is 10.0. The number of likely N-dealkylation sites (N-methyl/N-ethyl adjacent to an activating group) is 1. The van der Waals surface area contributed by atoms with Gasteiger partial charge < -0.3 is 29.7 Å². The Morgan fingerprint density at radius 1 is 1.21 bits per heavy atom. The van der Waals surface area contributed by atoms with Crippen molar-refractivity contribution in [1.82, 2.24) is 19.4 Å². The third kappa shape index (κ3) is 4.98. The van der Waals surface area contributed by atoms with Crippen LogP contribution in [0.15, 0.2) is 29.2 Å². The van der Waals surface area contributed by atoms with Crippen molar-refractivity contribution < 1.29 is 13.5 Å². The van der Waals surface area contributed by atoms with E-state index in [1.54, 1.807) is 31.4 Å². The number of alkyl halides is 2. The summed E-state index contributed by atoms with van der Waals surface area (Å²) in [6.45, 7) is 4.91. The number of fused-ring (bicyclic) bond motifs is 3. The predicted molar refractivity (Wildman–Crippen MR) is 149 cm³/mol. The van der Waals surface area contributed by atoms with Crippen LogP contribution in [0.25, 0.3) is 10.9 Å². The highest BCUT2D eigenvalue weighted by atomic mass is 35.5. The van der Waals surface area contributed by atoms with Crippen molar-refractivity contribution >= 4 is 45.6 Å². The van der Waals surface area contributed by atoms with Gasteiger partial charge in [0.05, 0.1) is 23.4 Å². The average molecular weight is 560 g/mol. The normalized spacial score (nSPS) is 23.4. The number of hydrogen-bond acceptors (Lipinski definition) is 8. The van der Waals surface area contributed by atoms with Crippen LogP contribution in [0.2, 0.25) is 5.02 Å². The van der Waals surface area contributed by atoms with Gasteiger partial charge in [-0.25, -0.2) is 13.8 Å². The van der Waals surface area contributed by atoms with E-state index in [-0.39, 0.29) is 11.7 Å². The Morgan fingerprint density at radius 2 is 2.00 bits per heavy atom. The zero-order chi connectivity index (χ0) is 27.5. The molecule has 9 nitrogen and oxygen atoms in total. The molecule has 6 rings (SSSR count). The summed E-state index contributed by atoms with van der Waals surface area (Å²) in [7, 11) is 3.72. The number of halogens is 3. The maximum absolute atomic E-state index is 14.9. The molecule has 208 valence electrons. The van der Waals surface area contributed by atoms with Crippen LogP contribution in [0, 0.1) is 11.8 Å². The van der Waals surface area contributed by atoms with Gasteiger partial charge in [0.25, 0.3) is 5.56 Å². The zero-order valence-corrected chi connectivity index (χ0v) is 22.9. The Morgan fingerprint density at radius 3 is 2.77 bits per heavy atom. The quantitative estimate of drug-likeness (QED) is 0.488. The molecule has 4 heterocycles. The Balaban J connectivity index is 1.37. The standard InChI is InChI=1S/C27H32ClF2N7O2/c1-15-12-35(2)8-9-37(13-15)26-31-11-19(28)24(34-26)32-17-6-7-20-18(10-17)21-22(25(38)36(20)3)39-14-27(29,30)23(33-21)16-4-5-16/h6-7,10-11,15-16,23,33H,4-5,8-9,12-14H2,1-3H3,(H,31,32,34)/t15-,23-/m0/s1. The Labute approximate surface area is 230 Å². The number of aryl methyl sites for hydroxylation is 1. The highest BCUT2D eigenvalue weighted by Crippen LogP contribution is 2.45. The van der Waals surface area contributed by atoms with Crippen molar-refractivity contribution in [1.29, 1.82) is 0 Å². The topological polar surface area (TPSA) is 87.5 Å². The van der Waals surface area contributed by atoms with Gasteiger partial charge in [-0.1, -0.05) is 18.5 Å². The van der Waals surface area contributed by atoms with E-state index in [4.69, 9.17) is 21.3 Å². The zero-order valence-electron chi connectivity index (χ0n) is 22.2. The molecule has 0 spiro atoms. The second kappa shape index (κ2) is 9.78. The van der Waals surface area contributed by atoms with Crippen molar-refractivity contribution in [2.24, 2.45) is 18.9 Å². The fourth-order valence-corrected chi connectivity index (χ4v) is 5.78. The maximum atomic E-state index is 14.9. The van der Waals surface area contributed by atoms with Crippen LogP contribution in [0.3, 0.4) is 0 Å². The number of rotatable bonds is 4. The van der Waals surface area contributed by atoms with Crippen LogP contribution < -0.4 is 25.8 Å². The molecule has 3 aliphatic rings. The molecular weight excluding hydrogens is 528 g/mol. The van der Waals surface area contributed by atoms with Gasteiger partial charge in [-0.2, -0.15) is 4.98 Å². The number of nitrogens with one attached hydrogen (secondary N) is 2. The van der Waals surface area contributed by atoms with Gasteiger partial charge in [-0.05, 0) is 49.9 Å². The van der Waals surface area contributed by atoms with E-state index in [0.29, 0.717) is 45.0 Å². The Hall–Kier alpha value is -3.18. The average Bonchev–Trinajstić information content (AvgIpc) is 3.74. The van der Waals surface area contributed by atoms with E-state index in [9.17, 15) is 13.6 Å². The molecule has 0 radical (unpaired) electrons. The fourth-order valence-electron chi connectivity index (χ4n) is 5.64. The number of aromatic nitrogens is 3. The third-order valence-corrected chi connectivity index (χ3v) is 8.07. The lowest BCUT2D eigenvalue weighted by molar-refractivity contribution is -0.0579. The first-order valence-corrected chi connectivity index (χ1v) is 13.7. The molecule has 2 aliphatic heterocycles. The van der Waals surface area contributed by atoms with Crippen LogP contribution >= 0.6 is 11.6 Å². The minimum absolute atomic E-state index is 0.0902. The molecule has 2 atom stereocenters. The van der Waals surface area contributed by atoms with Gasteiger partial charge in [-0.3, -0.25) is 4.79 Å². The van der Waals surface area contributed by atoms with E-state index < -0.39 is 24.1 Å². The summed E-state index contributed by atoms with van der Waals surface area (Å²) in [5.41, 5.74) is 1.07. The molecule has 0 unspecified atom stereocenters.